The Morgan fingerprint density at radius 1 is 1.14 bits per heavy atom. The van der Waals surface area contributed by atoms with Gasteiger partial charge in [0.1, 0.15) is 23.0 Å². The lowest BCUT2D eigenvalue weighted by molar-refractivity contribution is 0.0948. The van der Waals surface area contributed by atoms with Gasteiger partial charge in [-0.2, -0.15) is 5.10 Å². The molecular weight excluding hydrogens is 361 g/mol. The molecule has 0 atom stereocenters. The molecule has 0 saturated carbocycles. The Kier molecular flexibility index (Phi) is 5.93. The third-order valence-corrected chi connectivity index (χ3v) is 4.37. The molecule has 0 aliphatic carbocycles. The lowest BCUT2D eigenvalue weighted by Gasteiger charge is -2.10. The van der Waals surface area contributed by atoms with Gasteiger partial charge in [-0.1, -0.05) is 18.2 Å². The number of hydrogen-bond donors (Lipinski definition) is 1. The van der Waals surface area contributed by atoms with Gasteiger partial charge in [0.25, 0.3) is 5.91 Å². The molecule has 7 heteroatoms. The molecule has 28 heavy (non-hydrogen) atoms. The number of hydrogen-bond acceptors (Lipinski definition) is 4. The molecule has 0 unspecified atom stereocenters. The fraction of sp³-hybridized carbons (Fsp3) is 0.238. The van der Waals surface area contributed by atoms with Crippen LogP contribution >= 0.6 is 0 Å². The predicted molar refractivity (Wildman–Crippen MR) is 104 cm³/mol. The highest BCUT2D eigenvalue weighted by molar-refractivity contribution is 5.92. The van der Waals surface area contributed by atoms with Crippen LogP contribution in [0.15, 0.2) is 48.5 Å². The molecule has 0 aliphatic heterocycles. The zero-order valence-corrected chi connectivity index (χ0v) is 16.0. The van der Waals surface area contributed by atoms with E-state index in [-0.39, 0.29) is 11.6 Å². The van der Waals surface area contributed by atoms with Crippen molar-refractivity contribution < 1.29 is 18.7 Å². The number of amides is 1. The van der Waals surface area contributed by atoms with E-state index in [4.69, 9.17) is 9.47 Å². The summed E-state index contributed by atoms with van der Waals surface area (Å²) in [6, 6.07) is 13.5. The number of carbonyl (C=O) groups excluding carboxylic acids is 1. The minimum Gasteiger partial charge on any atom is -0.497 e. The number of methoxy groups -OCH3 is 2. The van der Waals surface area contributed by atoms with Crippen LogP contribution in [0.1, 0.15) is 21.7 Å². The van der Waals surface area contributed by atoms with Gasteiger partial charge in [0, 0.05) is 18.3 Å². The van der Waals surface area contributed by atoms with Crippen molar-refractivity contribution in [2.75, 3.05) is 20.8 Å². The summed E-state index contributed by atoms with van der Waals surface area (Å²) in [6.07, 6.45) is 0.589. The number of halogens is 1. The Hall–Kier alpha value is -3.35. The van der Waals surface area contributed by atoms with E-state index < -0.39 is 5.82 Å². The van der Waals surface area contributed by atoms with Crippen molar-refractivity contribution in [3.8, 4) is 17.2 Å². The first-order valence-corrected chi connectivity index (χ1v) is 8.84. The smallest absolute Gasteiger partial charge is 0.271 e. The Bertz CT molecular complexity index is 985. The summed E-state index contributed by atoms with van der Waals surface area (Å²) >= 11 is 0. The number of rotatable bonds is 7. The van der Waals surface area contributed by atoms with Gasteiger partial charge in [0.05, 0.1) is 14.2 Å². The van der Waals surface area contributed by atoms with Crippen LogP contribution in [-0.2, 0) is 6.42 Å². The van der Waals surface area contributed by atoms with Gasteiger partial charge >= 0.3 is 0 Å². The number of aryl methyl sites for hydroxylation is 1. The van der Waals surface area contributed by atoms with E-state index >= 15 is 0 Å². The molecule has 0 saturated heterocycles. The molecule has 0 spiro atoms. The lowest BCUT2D eigenvalue weighted by atomic mass is 10.1. The molecule has 1 aromatic heterocycles. The van der Waals surface area contributed by atoms with Gasteiger partial charge in [0.15, 0.2) is 5.69 Å². The third kappa shape index (κ3) is 4.14. The van der Waals surface area contributed by atoms with Crippen LogP contribution in [0, 0.1) is 12.7 Å². The quantitative estimate of drug-likeness (QED) is 0.680. The van der Waals surface area contributed by atoms with Gasteiger partial charge in [0.2, 0.25) is 0 Å². The molecule has 1 amide bonds. The summed E-state index contributed by atoms with van der Waals surface area (Å²) in [5.74, 6) is 0.699. The average molecular weight is 383 g/mol. The van der Waals surface area contributed by atoms with Crippen molar-refractivity contribution >= 4 is 5.91 Å². The van der Waals surface area contributed by atoms with Gasteiger partial charge in [-0.05, 0) is 43.2 Å². The van der Waals surface area contributed by atoms with E-state index in [0.29, 0.717) is 35.8 Å². The van der Waals surface area contributed by atoms with Crippen molar-refractivity contribution in [2.45, 2.75) is 13.3 Å². The lowest BCUT2D eigenvalue weighted by Crippen LogP contribution is -2.26. The fourth-order valence-electron chi connectivity index (χ4n) is 2.91. The van der Waals surface area contributed by atoms with Gasteiger partial charge in [-0.3, -0.25) is 4.79 Å². The Labute approximate surface area is 162 Å². The van der Waals surface area contributed by atoms with Crippen molar-refractivity contribution in [2.24, 2.45) is 0 Å². The monoisotopic (exact) mass is 383 g/mol. The molecule has 0 bridgehead atoms. The summed E-state index contributed by atoms with van der Waals surface area (Å²) in [6.45, 7) is 2.19. The molecule has 1 N–H and O–H groups in total. The van der Waals surface area contributed by atoms with E-state index in [2.05, 4.69) is 10.4 Å². The van der Waals surface area contributed by atoms with E-state index in [9.17, 15) is 9.18 Å². The number of aromatic nitrogens is 2. The number of para-hydroxylation sites is 1. The minimum absolute atomic E-state index is 0.238. The zero-order valence-electron chi connectivity index (χ0n) is 16.0. The molecule has 3 rings (SSSR count). The highest BCUT2D eigenvalue weighted by Crippen LogP contribution is 2.24. The molecule has 1 heterocycles. The Morgan fingerprint density at radius 2 is 1.93 bits per heavy atom. The molecule has 0 radical (unpaired) electrons. The summed E-state index contributed by atoms with van der Waals surface area (Å²) in [4.78, 5) is 12.4. The second kappa shape index (κ2) is 8.56. The first kappa shape index (κ1) is 19.4. The second-order valence-corrected chi connectivity index (χ2v) is 6.22. The van der Waals surface area contributed by atoms with Crippen LogP contribution in [0.25, 0.3) is 5.69 Å². The maximum Gasteiger partial charge on any atom is 0.271 e. The topological polar surface area (TPSA) is 65.4 Å². The van der Waals surface area contributed by atoms with Crippen molar-refractivity contribution in [3.63, 3.8) is 0 Å². The summed E-state index contributed by atoms with van der Waals surface area (Å²) < 4.78 is 26.0. The number of benzene rings is 2. The van der Waals surface area contributed by atoms with Crippen LogP contribution in [0.3, 0.4) is 0 Å². The summed E-state index contributed by atoms with van der Waals surface area (Å²) in [7, 11) is 3.19. The number of carbonyl (C=O) groups is 1. The van der Waals surface area contributed by atoms with Crippen molar-refractivity contribution in [3.05, 3.63) is 71.3 Å². The van der Waals surface area contributed by atoms with Gasteiger partial charge in [-0.25, -0.2) is 9.07 Å². The standard InChI is InChI=1S/C21H22FN3O3/c1-14-12-18(24-25(14)19-7-5-4-6-17(19)22)21(26)23-11-10-15-8-9-16(27-2)13-20(15)28-3/h4-9,12-13H,10-11H2,1-3H3,(H,23,26). The zero-order chi connectivity index (χ0) is 20.1. The maximum absolute atomic E-state index is 14.0. The first-order valence-electron chi connectivity index (χ1n) is 8.84. The normalized spacial score (nSPS) is 10.6. The minimum atomic E-state index is -0.396. The van der Waals surface area contributed by atoms with Gasteiger partial charge < -0.3 is 14.8 Å². The van der Waals surface area contributed by atoms with E-state index in [1.54, 1.807) is 51.5 Å². The summed E-state index contributed by atoms with van der Waals surface area (Å²) in [5.41, 5.74) is 2.17. The largest absolute Gasteiger partial charge is 0.497 e. The van der Waals surface area contributed by atoms with Crippen LogP contribution in [0.4, 0.5) is 4.39 Å². The molecule has 0 aliphatic rings. The second-order valence-electron chi connectivity index (χ2n) is 6.22. The van der Waals surface area contributed by atoms with Crippen LogP contribution in [-0.4, -0.2) is 36.5 Å². The number of nitrogens with zero attached hydrogens (tertiary/aromatic N) is 2. The summed E-state index contributed by atoms with van der Waals surface area (Å²) in [5, 5.41) is 7.08. The first-order chi connectivity index (χ1) is 13.5. The van der Waals surface area contributed by atoms with Crippen molar-refractivity contribution in [1.29, 1.82) is 0 Å². The molecule has 2 aromatic carbocycles. The fourth-order valence-corrected chi connectivity index (χ4v) is 2.91. The van der Waals surface area contributed by atoms with E-state index in [1.165, 1.54) is 10.7 Å². The van der Waals surface area contributed by atoms with Crippen molar-refractivity contribution in [1.82, 2.24) is 15.1 Å². The van der Waals surface area contributed by atoms with Crippen LogP contribution < -0.4 is 14.8 Å². The van der Waals surface area contributed by atoms with Gasteiger partial charge in [-0.15, -0.1) is 0 Å². The highest BCUT2D eigenvalue weighted by atomic mass is 19.1. The molecule has 3 aromatic rings. The van der Waals surface area contributed by atoms with E-state index in [1.807, 2.05) is 12.1 Å². The maximum atomic E-state index is 14.0. The third-order valence-electron chi connectivity index (χ3n) is 4.37. The van der Waals surface area contributed by atoms with Crippen LogP contribution in [0.2, 0.25) is 0 Å². The average Bonchev–Trinajstić information content (AvgIpc) is 3.10. The molecule has 0 fully saturated rings. The highest BCUT2D eigenvalue weighted by Gasteiger charge is 2.15. The molecule has 146 valence electrons. The number of nitrogens with one attached hydrogen (secondary N) is 1. The Morgan fingerprint density at radius 3 is 2.64 bits per heavy atom. The SMILES string of the molecule is COc1ccc(CCNC(=O)c2cc(C)n(-c3ccccc3F)n2)c(OC)c1. The van der Waals surface area contributed by atoms with Crippen LogP contribution in [0.5, 0.6) is 11.5 Å². The molecule has 6 nitrogen and oxygen atoms in total. The molecular formula is C21H22FN3O3. The number of ether oxygens (including phenoxy) is 2. The predicted octanol–water partition coefficient (Wildman–Crippen LogP) is 3.31. The Balaban J connectivity index is 1.66. The van der Waals surface area contributed by atoms with E-state index in [0.717, 1.165) is 5.56 Å².